The van der Waals surface area contributed by atoms with Crippen LogP contribution in [0, 0.1) is 13.5 Å². The largest absolute Gasteiger partial charge is 0.237 e. The van der Waals surface area contributed by atoms with Gasteiger partial charge in [0.2, 0.25) is 0 Å². The van der Waals surface area contributed by atoms with E-state index in [9.17, 15) is 0 Å². The van der Waals surface area contributed by atoms with Gasteiger partial charge < -0.3 is 0 Å². The van der Waals surface area contributed by atoms with Crippen molar-refractivity contribution in [2.75, 3.05) is 0 Å². The molecule has 0 radical (unpaired) electrons. The first-order valence-corrected chi connectivity index (χ1v) is 8.60. The fourth-order valence-corrected chi connectivity index (χ4v) is 2.92. The number of hydrogen-bond donors (Lipinski definition) is 0. The molecule has 0 fully saturated rings. The van der Waals surface area contributed by atoms with Crippen LogP contribution in [0.25, 0.3) is 39.0 Å². The second kappa shape index (κ2) is 7.19. The Morgan fingerprint density at radius 3 is 1.89 bits per heavy atom. The van der Waals surface area contributed by atoms with E-state index in [2.05, 4.69) is 9.83 Å². The maximum Gasteiger partial charge on any atom is 0.198 e. The lowest BCUT2D eigenvalue weighted by atomic mass is 10.1. The Balaban J connectivity index is 1.98. The zero-order valence-corrected chi connectivity index (χ0v) is 14.8. The molecule has 3 aromatic carbocycles. The monoisotopic (exact) mass is 348 g/mol. The molecule has 27 heavy (non-hydrogen) atoms. The normalized spacial score (nSPS) is 10.4. The highest BCUT2D eigenvalue weighted by Crippen LogP contribution is 2.31. The predicted molar refractivity (Wildman–Crippen MR) is 107 cm³/mol. The molecule has 0 amide bonds. The lowest BCUT2D eigenvalue weighted by Crippen LogP contribution is -2.01. The molecule has 4 rings (SSSR count). The molecule has 0 unspecified atom stereocenters. The molecule has 0 bridgehead atoms. The lowest BCUT2D eigenvalue weighted by Gasteiger charge is -2.10. The van der Waals surface area contributed by atoms with Crippen molar-refractivity contribution in [3.63, 3.8) is 0 Å². The number of para-hydroxylation sites is 1. The Morgan fingerprint density at radius 1 is 0.630 bits per heavy atom. The standard InChI is InChI=1S/C23H16N4/c1-16-10-6-7-13-18(16)22-25-21(17-11-4-3-5-12-17)26-23(27-22)19-14-8-9-15-20(19)24-2/h3-15H,1H3. The number of benzene rings is 3. The summed E-state index contributed by atoms with van der Waals surface area (Å²) in [5.41, 5.74) is 4.20. The highest BCUT2D eigenvalue weighted by atomic mass is 15.0. The summed E-state index contributed by atoms with van der Waals surface area (Å²) in [5.74, 6) is 1.71. The molecule has 0 saturated carbocycles. The Hall–Kier alpha value is -3.84. The highest BCUT2D eigenvalue weighted by Gasteiger charge is 2.15. The van der Waals surface area contributed by atoms with Crippen LogP contribution in [0.2, 0.25) is 0 Å². The number of aryl methyl sites for hydroxylation is 1. The van der Waals surface area contributed by atoms with Gasteiger partial charge in [-0.3, -0.25) is 0 Å². The van der Waals surface area contributed by atoms with Crippen LogP contribution in [0.1, 0.15) is 5.56 Å². The minimum Gasteiger partial charge on any atom is -0.237 e. The third kappa shape index (κ3) is 3.31. The van der Waals surface area contributed by atoms with Gasteiger partial charge in [0, 0.05) is 16.7 Å². The van der Waals surface area contributed by atoms with E-state index in [1.54, 1.807) is 6.07 Å². The van der Waals surface area contributed by atoms with Crippen molar-refractivity contribution in [1.29, 1.82) is 0 Å². The highest BCUT2D eigenvalue weighted by molar-refractivity contribution is 5.76. The average Bonchev–Trinajstić information content (AvgIpc) is 2.74. The molecule has 0 N–H and O–H groups in total. The van der Waals surface area contributed by atoms with Gasteiger partial charge in [-0.2, -0.15) is 0 Å². The maximum atomic E-state index is 7.46. The third-order valence-electron chi connectivity index (χ3n) is 4.32. The van der Waals surface area contributed by atoms with Crippen molar-refractivity contribution in [1.82, 2.24) is 15.0 Å². The Labute approximate surface area is 158 Å². The van der Waals surface area contributed by atoms with E-state index in [0.29, 0.717) is 28.7 Å². The smallest absolute Gasteiger partial charge is 0.198 e. The van der Waals surface area contributed by atoms with Crippen LogP contribution in [0.3, 0.4) is 0 Å². The minimum atomic E-state index is 0.508. The van der Waals surface area contributed by atoms with Crippen LogP contribution >= 0.6 is 0 Å². The first-order valence-electron chi connectivity index (χ1n) is 8.60. The van der Waals surface area contributed by atoms with Crippen LogP contribution < -0.4 is 0 Å². The summed E-state index contributed by atoms with van der Waals surface area (Å²) in [6.45, 7) is 9.49. The summed E-state index contributed by atoms with van der Waals surface area (Å²) >= 11 is 0. The lowest BCUT2D eigenvalue weighted by molar-refractivity contribution is 1.07. The molecule has 128 valence electrons. The fraction of sp³-hybridized carbons (Fsp3) is 0.0435. The van der Waals surface area contributed by atoms with Crippen molar-refractivity contribution >= 4 is 5.69 Å². The quantitative estimate of drug-likeness (QED) is 0.444. The Kier molecular flexibility index (Phi) is 4.42. The first kappa shape index (κ1) is 16.6. The molecule has 4 aromatic rings. The van der Waals surface area contributed by atoms with Gasteiger partial charge >= 0.3 is 0 Å². The number of nitrogens with zero attached hydrogens (tertiary/aromatic N) is 4. The zero-order valence-electron chi connectivity index (χ0n) is 14.8. The zero-order chi connectivity index (χ0) is 18.6. The molecule has 4 nitrogen and oxygen atoms in total. The van der Waals surface area contributed by atoms with Crippen LogP contribution in [-0.2, 0) is 0 Å². The van der Waals surface area contributed by atoms with Crippen LogP contribution in [0.15, 0.2) is 78.9 Å². The van der Waals surface area contributed by atoms with E-state index in [0.717, 1.165) is 16.7 Å². The van der Waals surface area contributed by atoms with Gasteiger partial charge in [-0.05, 0) is 12.5 Å². The van der Waals surface area contributed by atoms with Gasteiger partial charge in [0.15, 0.2) is 23.2 Å². The molecule has 0 saturated heterocycles. The van der Waals surface area contributed by atoms with Crippen molar-refractivity contribution in [2.24, 2.45) is 0 Å². The Morgan fingerprint density at radius 2 is 1.19 bits per heavy atom. The molecule has 0 atom stereocenters. The number of rotatable bonds is 3. The van der Waals surface area contributed by atoms with Crippen molar-refractivity contribution < 1.29 is 0 Å². The van der Waals surface area contributed by atoms with E-state index in [-0.39, 0.29) is 0 Å². The summed E-state index contributed by atoms with van der Waals surface area (Å²) in [6.07, 6.45) is 0. The van der Waals surface area contributed by atoms with Gasteiger partial charge in [-0.15, -0.1) is 0 Å². The van der Waals surface area contributed by atoms with Gasteiger partial charge in [-0.25, -0.2) is 19.8 Å². The van der Waals surface area contributed by atoms with E-state index < -0.39 is 0 Å². The molecular formula is C23H16N4. The van der Waals surface area contributed by atoms with Crippen molar-refractivity contribution in [3.8, 4) is 34.2 Å². The number of aromatic nitrogens is 3. The van der Waals surface area contributed by atoms with Crippen molar-refractivity contribution in [3.05, 3.63) is 95.8 Å². The molecule has 0 spiro atoms. The molecule has 0 aliphatic rings. The second-order valence-corrected chi connectivity index (χ2v) is 6.12. The van der Waals surface area contributed by atoms with Crippen molar-refractivity contribution in [2.45, 2.75) is 6.92 Å². The number of hydrogen-bond acceptors (Lipinski definition) is 3. The molecule has 4 heteroatoms. The summed E-state index contributed by atoms with van der Waals surface area (Å²) < 4.78 is 0. The summed E-state index contributed by atoms with van der Waals surface area (Å²) in [7, 11) is 0. The van der Waals surface area contributed by atoms with E-state index >= 15 is 0 Å². The van der Waals surface area contributed by atoms with Gasteiger partial charge in [0.1, 0.15) is 0 Å². The summed E-state index contributed by atoms with van der Waals surface area (Å²) in [6, 6.07) is 25.2. The maximum absolute atomic E-state index is 7.46. The fourth-order valence-electron chi connectivity index (χ4n) is 2.92. The first-order chi connectivity index (χ1) is 13.3. The molecule has 1 aromatic heterocycles. The topological polar surface area (TPSA) is 43.0 Å². The Bertz CT molecular complexity index is 1140. The van der Waals surface area contributed by atoms with Crippen LogP contribution in [-0.4, -0.2) is 15.0 Å². The van der Waals surface area contributed by atoms with E-state index in [1.165, 1.54) is 0 Å². The molecule has 0 aliphatic heterocycles. The molecular weight excluding hydrogens is 332 g/mol. The van der Waals surface area contributed by atoms with Crippen LogP contribution in [0.5, 0.6) is 0 Å². The van der Waals surface area contributed by atoms with E-state index in [1.807, 2.05) is 79.7 Å². The SMILES string of the molecule is [C-]#[N+]c1ccccc1-c1nc(-c2ccccc2)nc(-c2ccccc2C)n1. The third-order valence-corrected chi connectivity index (χ3v) is 4.32. The second-order valence-electron chi connectivity index (χ2n) is 6.12. The summed E-state index contributed by atoms with van der Waals surface area (Å²) in [5, 5.41) is 0. The predicted octanol–water partition coefficient (Wildman–Crippen LogP) is 5.73. The summed E-state index contributed by atoms with van der Waals surface area (Å²) in [4.78, 5) is 17.7. The molecule has 0 aliphatic carbocycles. The average molecular weight is 348 g/mol. The van der Waals surface area contributed by atoms with Crippen LogP contribution in [0.4, 0.5) is 5.69 Å². The molecule has 1 heterocycles. The van der Waals surface area contributed by atoms with Gasteiger partial charge in [0.05, 0.1) is 6.57 Å². The van der Waals surface area contributed by atoms with E-state index in [4.69, 9.17) is 16.5 Å². The minimum absolute atomic E-state index is 0.508. The van der Waals surface area contributed by atoms with Gasteiger partial charge in [-0.1, -0.05) is 78.9 Å². The van der Waals surface area contributed by atoms with Gasteiger partial charge in [0.25, 0.3) is 0 Å².